The number of unbranched alkanes of at least 4 members (excludes halogenated alkanes) is 6. The van der Waals surface area contributed by atoms with Gasteiger partial charge >= 0.3 is 0 Å². The van der Waals surface area contributed by atoms with Crippen molar-refractivity contribution in [2.24, 2.45) is 11.0 Å². The molecule has 2 aromatic heterocycles. The predicted octanol–water partition coefficient (Wildman–Crippen LogP) is 7.13. The lowest BCUT2D eigenvalue weighted by atomic mass is 9.87. The second kappa shape index (κ2) is 11.2. The summed E-state index contributed by atoms with van der Waals surface area (Å²) in [7, 11) is 0. The molecule has 0 radical (unpaired) electrons. The topological polar surface area (TPSA) is 58.3 Å². The Balaban J connectivity index is 1.43. The Morgan fingerprint density at radius 3 is 2.53 bits per heavy atom. The van der Waals surface area contributed by atoms with Crippen LogP contribution in [-0.4, -0.2) is 31.4 Å². The normalized spacial score (nSPS) is 20.4. The molecule has 2 aliphatic heterocycles. The predicted molar refractivity (Wildman–Crippen MR) is 148 cm³/mol. The fraction of sp³-hybridized carbons (Fsp3) is 0.720. The summed E-state index contributed by atoms with van der Waals surface area (Å²) >= 11 is 5.70. The Hall–Kier alpha value is -1.19. The van der Waals surface area contributed by atoms with E-state index >= 15 is 0 Å². The summed E-state index contributed by atoms with van der Waals surface area (Å²) in [5.41, 5.74) is 6.48. The van der Waals surface area contributed by atoms with Crippen molar-refractivity contribution in [3.63, 3.8) is 0 Å². The summed E-state index contributed by atoms with van der Waals surface area (Å²) in [6, 6.07) is 0. The maximum absolute atomic E-state index is 4.82. The van der Waals surface area contributed by atoms with Crippen LogP contribution in [0.4, 0.5) is 5.95 Å². The van der Waals surface area contributed by atoms with Gasteiger partial charge in [0.05, 0.1) is 0 Å². The largest absolute Gasteiger partial charge is 0.280 e. The highest BCUT2D eigenvalue weighted by Crippen LogP contribution is 2.50. The van der Waals surface area contributed by atoms with Gasteiger partial charge in [-0.05, 0) is 43.6 Å². The number of fused-ring (bicyclic) bond motifs is 8. The number of nitrogens with zero attached hydrogens (tertiary/aromatic N) is 5. The van der Waals surface area contributed by atoms with Gasteiger partial charge in [0.2, 0.25) is 5.95 Å². The van der Waals surface area contributed by atoms with Gasteiger partial charge in [0, 0.05) is 21.9 Å². The minimum absolute atomic E-state index is 0.0562. The zero-order chi connectivity index (χ0) is 23.5. The number of thioether (sulfide) groups is 2. The molecule has 0 saturated carbocycles. The summed E-state index contributed by atoms with van der Waals surface area (Å²) < 4.78 is 2.35. The van der Waals surface area contributed by atoms with Crippen molar-refractivity contribution >= 4 is 46.0 Å². The van der Waals surface area contributed by atoms with E-state index in [9.17, 15) is 0 Å². The van der Waals surface area contributed by atoms with Crippen LogP contribution >= 0.6 is 34.9 Å². The van der Waals surface area contributed by atoms with Crippen molar-refractivity contribution in [3.8, 4) is 5.00 Å². The molecule has 6 nitrogen and oxygen atoms in total. The fourth-order valence-corrected chi connectivity index (χ4v) is 8.62. The first-order chi connectivity index (χ1) is 16.7. The maximum atomic E-state index is 4.82. The summed E-state index contributed by atoms with van der Waals surface area (Å²) in [4.78, 5) is 3.89. The molecule has 5 rings (SSSR count). The number of rotatable bonds is 11. The van der Waals surface area contributed by atoms with E-state index in [4.69, 9.17) is 15.3 Å². The molecule has 0 spiro atoms. The lowest BCUT2D eigenvalue weighted by molar-refractivity contribution is 0.498. The Bertz CT molecular complexity index is 1010. The van der Waals surface area contributed by atoms with Crippen LogP contribution in [0.3, 0.4) is 0 Å². The number of hydrogen-bond acceptors (Lipinski definition) is 8. The van der Waals surface area contributed by atoms with Gasteiger partial charge in [0.25, 0.3) is 0 Å². The molecule has 1 N–H and O–H groups in total. The molecule has 2 atom stereocenters. The molecular formula is C25H38N6S3. The lowest BCUT2D eigenvalue weighted by Gasteiger charge is -2.32. The minimum atomic E-state index is 0.0562. The molecule has 2 aromatic rings. The molecule has 4 heterocycles. The third kappa shape index (κ3) is 4.76. The maximum Gasteiger partial charge on any atom is 0.241 e. The Morgan fingerprint density at radius 1 is 1.00 bits per heavy atom. The molecule has 1 aliphatic carbocycles. The van der Waals surface area contributed by atoms with Crippen LogP contribution in [0, 0.1) is 5.92 Å². The number of nitrogens with one attached hydrogen (secondary N) is 1. The van der Waals surface area contributed by atoms with Gasteiger partial charge in [-0.15, -0.1) is 21.5 Å². The molecular weight excluding hydrogens is 481 g/mol. The van der Waals surface area contributed by atoms with Crippen molar-refractivity contribution in [2.45, 2.75) is 103 Å². The van der Waals surface area contributed by atoms with Gasteiger partial charge in [-0.2, -0.15) is 5.10 Å². The summed E-state index contributed by atoms with van der Waals surface area (Å²) in [5.74, 6) is 3.90. The smallest absolute Gasteiger partial charge is 0.241 e. The van der Waals surface area contributed by atoms with Gasteiger partial charge in [0.15, 0.2) is 16.5 Å². The van der Waals surface area contributed by atoms with E-state index in [0.717, 1.165) is 33.7 Å². The van der Waals surface area contributed by atoms with Crippen molar-refractivity contribution in [3.05, 3.63) is 16.0 Å². The van der Waals surface area contributed by atoms with Gasteiger partial charge < -0.3 is 0 Å². The van der Waals surface area contributed by atoms with E-state index in [2.05, 4.69) is 35.7 Å². The fourth-order valence-electron chi connectivity index (χ4n) is 5.12. The molecule has 3 aliphatic rings. The molecule has 0 aromatic carbocycles. The van der Waals surface area contributed by atoms with Crippen LogP contribution in [0.25, 0.3) is 5.00 Å². The van der Waals surface area contributed by atoms with Gasteiger partial charge in [-0.3, -0.25) is 10.3 Å². The minimum Gasteiger partial charge on any atom is -0.280 e. The van der Waals surface area contributed by atoms with Crippen molar-refractivity contribution in [2.75, 3.05) is 16.4 Å². The Kier molecular flexibility index (Phi) is 8.11. The lowest BCUT2D eigenvalue weighted by Crippen LogP contribution is -2.38. The van der Waals surface area contributed by atoms with E-state index in [1.165, 1.54) is 81.2 Å². The number of hydrogen-bond donors (Lipinski definition) is 1. The quantitative estimate of drug-likeness (QED) is 0.252. The summed E-state index contributed by atoms with van der Waals surface area (Å²) in [5, 5.41) is 17.7. The molecule has 34 heavy (non-hydrogen) atoms. The van der Waals surface area contributed by atoms with Crippen LogP contribution in [0.5, 0.6) is 0 Å². The summed E-state index contributed by atoms with van der Waals surface area (Å²) in [6.07, 6.45) is 13.9. The molecule has 0 saturated heterocycles. The first-order valence-corrected chi connectivity index (χ1v) is 16.0. The Labute approximate surface area is 216 Å². The van der Waals surface area contributed by atoms with Crippen LogP contribution in [-0.2, 0) is 12.8 Å². The number of amidine groups is 1. The monoisotopic (exact) mass is 518 g/mol. The third-order valence-electron chi connectivity index (χ3n) is 7.05. The molecule has 1 unspecified atom stereocenters. The average Bonchev–Trinajstić information content (AvgIpc) is 3.53. The number of aromatic nitrogens is 3. The van der Waals surface area contributed by atoms with E-state index in [1.807, 2.05) is 34.9 Å². The summed E-state index contributed by atoms with van der Waals surface area (Å²) in [6.45, 7) is 6.92. The van der Waals surface area contributed by atoms with E-state index < -0.39 is 0 Å². The van der Waals surface area contributed by atoms with Gasteiger partial charge in [-0.1, -0.05) is 82.8 Å². The second-order valence-corrected chi connectivity index (χ2v) is 13.0. The third-order valence-corrected chi connectivity index (χ3v) is 10.4. The van der Waals surface area contributed by atoms with Gasteiger partial charge in [-0.25, -0.2) is 4.57 Å². The molecule has 0 amide bonds. The van der Waals surface area contributed by atoms with E-state index in [1.54, 1.807) is 10.4 Å². The highest BCUT2D eigenvalue weighted by molar-refractivity contribution is 8.14. The van der Waals surface area contributed by atoms with Crippen LogP contribution in [0.2, 0.25) is 0 Å². The standard InChI is InChI=1S/C25H38N6S3/c1-4-6-8-10-14-32-24-28-26-21-20-18-13-12-17(3)16-19(18)34-22(20)31-23(30(21)24)27-29-25(31)33-15-11-9-7-5-2/h17,21,26H,4-16H2,1-3H3/t17-,21?/m1/s1. The van der Waals surface area contributed by atoms with E-state index in [0.29, 0.717) is 0 Å². The van der Waals surface area contributed by atoms with Crippen molar-refractivity contribution in [1.82, 2.24) is 20.2 Å². The highest BCUT2D eigenvalue weighted by Gasteiger charge is 2.44. The van der Waals surface area contributed by atoms with Crippen LogP contribution in [0.15, 0.2) is 10.3 Å². The number of anilines is 1. The number of hydrazone groups is 1. The molecule has 0 bridgehead atoms. The SMILES string of the molecule is CCCCCCSC1=NNC2c3c(sc4c3CC[C@@H](C)C4)-n3c(SCCCCCC)nnc3N12. The number of thiophene rings is 1. The first-order valence-electron chi connectivity index (χ1n) is 13.2. The first kappa shape index (κ1) is 24.5. The van der Waals surface area contributed by atoms with Crippen LogP contribution < -0.4 is 10.3 Å². The highest BCUT2D eigenvalue weighted by atomic mass is 32.2. The zero-order valence-electron chi connectivity index (χ0n) is 20.8. The Morgan fingerprint density at radius 2 is 1.76 bits per heavy atom. The molecule has 9 heteroatoms. The van der Waals surface area contributed by atoms with E-state index in [-0.39, 0.29) is 6.17 Å². The van der Waals surface area contributed by atoms with Crippen molar-refractivity contribution < 1.29 is 0 Å². The second-order valence-electron chi connectivity index (χ2n) is 9.80. The molecule has 186 valence electrons. The van der Waals surface area contributed by atoms with Gasteiger partial charge in [0.1, 0.15) is 5.00 Å². The molecule has 0 fully saturated rings. The van der Waals surface area contributed by atoms with Crippen LogP contribution in [0.1, 0.15) is 101 Å². The van der Waals surface area contributed by atoms with Crippen molar-refractivity contribution in [1.29, 1.82) is 0 Å². The zero-order valence-corrected chi connectivity index (χ0v) is 23.3. The average molecular weight is 519 g/mol.